The Labute approximate surface area is 403 Å². The lowest BCUT2D eigenvalue weighted by Crippen LogP contribution is -2.54. The van der Waals surface area contributed by atoms with Crippen LogP contribution in [-0.2, 0) is 10.8 Å². The summed E-state index contributed by atoms with van der Waals surface area (Å²) in [5.41, 5.74) is 15.7. The van der Waals surface area contributed by atoms with Gasteiger partial charge in [-0.3, -0.25) is 0 Å². The zero-order chi connectivity index (χ0) is 51.4. The number of fused-ring (bicyclic) bond motifs is 1. The van der Waals surface area contributed by atoms with Crippen molar-refractivity contribution in [1.29, 1.82) is 0 Å². The molecule has 0 atom stereocenters. The Bertz CT molecular complexity index is 2640. The van der Waals surface area contributed by atoms with Crippen LogP contribution in [-0.4, -0.2) is 12.4 Å². The Morgan fingerprint density at radius 2 is 0.426 bits per heavy atom. The third kappa shape index (κ3) is 11.8. The standard InChI is InChI=1S/C19H18F6.C19H24.C14H16.C10H14/c1-11-5-7-15(9-13(11)3)17(18(20,21)22,19(23,24)25)16-8-6-12(2)14(4)10-16;1-13-7-9-17(11-15(13)3)19(5,6)18-10-8-14(2)16(4)12-18;1-9-5-6-11(3)14-12(4)8-7-10(2)13(9)14;1-7-5-9(3)10(4)6-8(7)2/h5-10H,1-4H3;7-12H,1-6H3;5-8H,1-4H3;5-6H,1-4H3. The van der Waals surface area contributed by atoms with E-state index in [1.807, 2.05) is 0 Å². The first kappa shape index (κ1) is 55.0. The Balaban J connectivity index is 0.000000208. The first-order valence-electron chi connectivity index (χ1n) is 23.3. The van der Waals surface area contributed by atoms with Crippen LogP contribution in [0.3, 0.4) is 0 Å². The molecule has 0 aliphatic carbocycles. The molecule has 7 aromatic rings. The molecule has 0 nitrogen and oxygen atoms in total. The molecular formula is C62H72F6. The van der Waals surface area contributed by atoms with Crippen molar-refractivity contribution in [3.05, 3.63) is 220 Å². The van der Waals surface area contributed by atoms with Crippen LogP contribution in [0, 0.1) is 111 Å². The second-order valence-electron chi connectivity index (χ2n) is 19.7. The summed E-state index contributed by atoms with van der Waals surface area (Å²) in [5.74, 6) is 0. The van der Waals surface area contributed by atoms with Crippen molar-refractivity contribution in [2.45, 2.75) is 148 Å². The SMILES string of the molecule is Cc1cc(C)c(C)cc1C.Cc1ccc(C(C)(C)c2ccc(C)c(C)c2)cc1C.Cc1ccc(C(c2ccc(C)c(C)c2)(C(F)(F)F)C(F)(F)F)cc1C.Cc1ccc(C)c2c(C)ccc(C)c12. The zero-order valence-corrected chi connectivity index (χ0v) is 43.7. The van der Waals surface area contributed by atoms with Crippen LogP contribution < -0.4 is 0 Å². The molecule has 362 valence electrons. The van der Waals surface area contributed by atoms with E-state index in [1.54, 1.807) is 13.8 Å². The minimum atomic E-state index is -5.55. The van der Waals surface area contributed by atoms with Crippen LogP contribution in [0.1, 0.15) is 125 Å². The lowest BCUT2D eigenvalue weighted by molar-refractivity contribution is -0.288. The molecule has 0 aromatic heterocycles. The van der Waals surface area contributed by atoms with Crippen molar-refractivity contribution in [2.24, 2.45) is 0 Å². The van der Waals surface area contributed by atoms with Gasteiger partial charge in [0.15, 0.2) is 0 Å². The van der Waals surface area contributed by atoms with Crippen molar-refractivity contribution in [3.63, 3.8) is 0 Å². The highest BCUT2D eigenvalue weighted by molar-refractivity contribution is 5.93. The van der Waals surface area contributed by atoms with Crippen molar-refractivity contribution in [1.82, 2.24) is 0 Å². The smallest absolute Gasteiger partial charge is 0.169 e. The number of aryl methyl sites for hydroxylation is 16. The number of halogens is 6. The van der Waals surface area contributed by atoms with Crippen LogP contribution in [0.2, 0.25) is 0 Å². The van der Waals surface area contributed by atoms with Gasteiger partial charge in [0.2, 0.25) is 5.41 Å². The van der Waals surface area contributed by atoms with Crippen LogP contribution in [0.5, 0.6) is 0 Å². The average Bonchev–Trinajstić information content (AvgIpc) is 3.24. The number of hydrogen-bond donors (Lipinski definition) is 0. The maximum Gasteiger partial charge on any atom is 0.411 e. The topological polar surface area (TPSA) is 0 Å². The van der Waals surface area contributed by atoms with Gasteiger partial charge in [-0.25, -0.2) is 0 Å². The second kappa shape index (κ2) is 21.3. The molecule has 0 aliphatic rings. The van der Waals surface area contributed by atoms with Crippen molar-refractivity contribution in [2.75, 3.05) is 0 Å². The van der Waals surface area contributed by atoms with E-state index in [2.05, 4.69) is 170 Å². The van der Waals surface area contributed by atoms with Gasteiger partial charge >= 0.3 is 12.4 Å². The predicted molar refractivity (Wildman–Crippen MR) is 277 cm³/mol. The summed E-state index contributed by atoms with van der Waals surface area (Å²) in [6, 6.07) is 33.3. The summed E-state index contributed by atoms with van der Waals surface area (Å²) in [7, 11) is 0. The van der Waals surface area contributed by atoms with Gasteiger partial charge in [0.1, 0.15) is 0 Å². The zero-order valence-electron chi connectivity index (χ0n) is 43.7. The summed E-state index contributed by atoms with van der Waals surface area (Å²) in [6.45, 7) is 37.0. The van der Waals surface area contributed by atoms with E-state index in [0.717, 1.165) is 24.3 Å². The van der Waals surface area contributed by atoms with E-state index >= 15 is 0 Å². The molecule has 0 saturated carbocycles. The molecule has 0 spiro atoms. The van der Waals surface area contributed by atoms with Crippen LogP contribution >= 0.6 is 0 Å². The second-order valence-corrected chi connectivity index (χ2v) is 19.7. The van der Waals surface area contributed by atoms with Crippen molar-refractivity contribution >= 4 is 10.8 Å². The maximum atomic E-state index is 14.0. The molecule has 0 N–H and O–H groups in total. The Morgan fingerprint density at radius 1 is 0.235 bits per heavy atom. The fourth-order valence-electron chi connectivity index (χ4n) is 8.71. The van der Waals surface area contributed by atoms with Gasteiger partial charge < -0.3 is 0 Å². The van der Waals surface area contributed by atoms with Crippen molar-refractivity contribution < 1.29 is 26.3 Å². The molecule has 0 bridgehead atoms. The highest BCUT2D eigenvalue weighted by Gasteiger charge is 2.72. The minimum Gasteiger partial charge on any atom is -0.169 e. The Morgan fingerprint density at radius 3 is 0.647 bits per heavy atom. The van der Waals surface area contributed by atoms with Gasteiger partial charge in [0.05, 0.1) is 0 Å². The largest absolute Gasteiger partial charge is 0.411 e. The fraction of sp³-hybridized carbons (Fsp3) is 0.355. The molecule has 7 rings (SSSR count). The van der Waals surface area contributed by atoms with Gasteiger partial charge in [-0.15, -0.1) is 0 Å². The van der Waals surface area contributed by atoms with Gasteiger partial charge in [-0.2, -0.15) is 26.3 Å². The predicted octanol–water partition coefficient (Wildman–Crippen LogP) is 18.6. The Hall–Kier alpha value is -5.62. The van der Waals surface area contributed by atoms with Crippen LogP contribution in [0.15, 0.2) is 109 Å². The molecule has 0 unspecified atom stereocenters. The summed E-state index contributed by atoms with van der Waals surface area (Å²) in [5, 5.41) is 2.87. The molecule has 0 heterocycles. The normalized spacial score (nSPS) is 11.8. The van der Waals surface area contributed by atoms with Gasteiger partial charge in [0, 0.05) is 5.41 Å². The van der Waals surface area contributed by atoms with E-state index in [1.165, 1.54) is 115 Å². The van der Waals surface area contributed by atoms with E-state index < -0.39 is 28.9 Å². The highest BCUT2D eigenvalue weighted by atomic mass is 19.4. The number of rotatable bonds is 4. The average molecular weight is 931 g/mol. The van der Waals surface area contributed by atoms with Gasteiger partial charge in [0.25, 0.3) is 0 Å². The van der Waals surface area contributed by atoms with E-state index in [4.69, 9.17) is 0 Å². The quantitative estimate of drug-likeness (QED) is 0.154. The molecule has 0 fully saturated rings. The number of benzene rings is 7. The minimum absolute atomic E-state index is 0.0525. The van der Waals surface area contributed by atoms with E-state index in [0.29, 0.717) is 22.3 Å². The molecule has 0 amide bonds. The molecule has 68 heavy (non-hydrogen) atoms. The highest BCUT2D eigenvalue weighted by Crippen LogP contribution is 2.56. The maximum absolute atomic E-state index is 14.0. The van der Waals surface area contributed by atoms with E-state index in [-0.39, 0.29) is 5.41 Å². The van der Waals surface area contributed by atoms with E-state index in [9.17, 15) is 26.3 Å². The lowest BCUT2D eigenvalue weighted by atomic mass is 9.71. The third-order valence-electron chi connectivity index (χ3n) is 14.3. The van der Waals surface area contributed by atoms with Gasteiger partial charge in [-0.05, 0) is 233 Å². The number of hydrogen-bond acceptors (Lipinski definition) is 0. The first-order valence-corrected chi connectivity index (χ1v) is 23.3. The van der Waals surface area contributed by atoms with Crippen molar-refractivity contribution in [3.8, 4) is 0 Å². The Kier molecular flexibility index (Phi) is 17.3. The van der Waals surface area contributed by atoms with Crippen LogP contribution in [0.25, 0.3) is 10.8 Å². The molecule has 7 aromatic carbocycles. The van der Waals surface area contributed by atoms with Crippen LogP contribution in [0.4, 0.5) is 26.3 Å². The lowest BCUT2D eigenvalue weighted by Gasteiger charge is -2.38. The monoisotopic (exact) mass is 931 g/mol. The third-order valence-corrected chi connectivity index (χ3v) is 14.3. The summed E-state index contributed by atoms with van der Waals surface area (Å²) in [4.78, 5) is 0. The number of alkyl halides is 6. The summed E-state index contributed by atoms with van der Waals surface area (Å²) >= 11 is 0. The summed E-state index contributed by atoms with van der Waals surface area (Å²) in [6.07, 6.45) is -11.1. The molecule has 0 saturated heterocycles. The molecule has 0 aliphatic heterocycles. The molecule has 0 radical (unpaired) electrons. The fourth-order valence-corrected chi connectivity index (χ4v) is 8.71. The van der Waals surface area contributed by atoms with Gasteiger partial charge in [-0.1, -0.05) is 123 Å². The molecular weight excluding hydrogens is 859 g/mol. The molecule has 6 heteroatoms. The first-order chi connectivity index (χ1) is 31.4. The summed E-state index contributed by atoms with van der Waals surface area (Å²) < 4.78 is 83.9.